The molecule has 0 fully saturated rings. The highest BCUT2D eigenvalue weighted by Gasteiger charge is 2.22. The number of primary amides is 1. The predicted octanol–water partition coefficient (Wildman–Crippen LogP) is 4.09. The summed E-state index contributed by atoms with van der Waals surface area (Å²) in [5, 5.41) is 16.2. The molecule has 172 valence electrons. The van der Waals surface area contributed by atoms with Crippen LogP contribution in [0.15, 0.2) is 49.2 Å². The fourth-order valence-electron chi connectivity index (χ4n) is 3.03. The van der Waals surface area contributed by atoms with Gasteiger partial charge in [0.05, 0.1) is 22.0 Å². The highest BCUT2D eigenvalue weighted by atomic mass is 79.9. The number of nitrogens with two attached hydrogens (primary N) is 1. The fraction of sp³-hybridized carbons (Fsp3) is 0.238. The normalized spacial score (nSPS) is 12.2. The Balaban J connectivity index is 2.23. The Hall–Kier alpha value is -3.12. The summed E-state index contributed by atoms with van der Waals surface area (Å²) in [6.45, 7) is 3.32. The van der Waals surface area contributed by atoms with Crippen molar-refractivity contribution in [1.82, 2.24) is 9.66 Å². The molecule has 3 rings (SSSR count). The molecule has 12 heteroatoms. The van der Waals surface area contributed by atoms with E-state index in [1.54, 1.807) is 18.2 Å². The molecule has 2 N–H and O–H groups in total. The number of nitro benzene ring substituents is 1. The maximum absolute atomic E-state index is 13.3. The van der Waals surface area contributed by atoms with Gasteiger partial charge in [-0.15, -0.1) is 0 Å². The van der Waals surface area contributed by atoms with Gasteiger partial charge in [-0.2, -0.15) is 9.78 Å². The van der Waals surface area contributed by atoms with Gasteiger partial charge in [0.1, 0.15) is 5.82 Å². The summed E-state index contributed by atoms with van der Waals surface area (Å²) in [6, 6.07) is 7.95. The molecule has 33 heavy (non-hydrogen) atoms. The van der Waals surface area contributed by atoms with Crippen molar-refractivity contribution in [2.24, 2.45) is 10.8 Å². The summed E-state index contributed by atoms with van der Waals surface area (Å²) in [6.07, 6.45) is 1.96. The summed E-state index contributed by atoms with van der Waals surface area (Å²) in [4.78, 5) is 40.0. The second kappa shape index (κ2) is 10.2. The number of nitrogens with zero attached hydrogens (tertiary/aromatic N) is 4. The molecule has 0 aliphatic carbocycles. The SMILES string of the molecule is CC[C@@H](C)c1nc2ccc(Br)cc2c(=O)n1N=Cc1cc(Br)cc([N+](=O)[O-])c1OCC(N)=O. The maximum Gasteiger partial charge on any atom is 0.312 e. The number of aromatic nitrogens is 2. The van der Waals surface area contributed by atoms with E-state index in [-0.39, 0.29) is 22.9 Å². The minimum Gasteiger partial charge on any atom is -0.476 e. The Kier molecular flexibility index (Phi) is 7.59. The number of fused-ring (bicyclic) bond motifs is 1. The Morgan fingerprint density at radius 2 is 2.06 bits per heavy atom. The van der Waals surface area contributed by atoms with E-state index in [1.165, 1.54) is 23.0 Å². The zero-order chi connectivity index (χ0) is 24.3. The standard InChI is InChI=1S/C21H19Br2N5O5/c1-3-11(2)20-26-16-5-4-13(22)7-15(16)21(30)27(20)25-9-12-6-14(23)8-17(28(31)32)19(12)33-10-18(24)29/h4-9,11H,3,10H2,1-2H3,(H2,24,29)/t11-/m1/s1. The smallest absolute Gasteiger partial charge is 0.312 e. The molecule has 1 amide bonds. The molecule has 0 saturated carbocycles. The van der Waals surface area contributed by atoms with E-state index in [9.17, 15) is 19.7 Å². The number of ether oxygens (including phenoxy) is 1. The lowest BCUT2D eigenvalue weighted by Gasteiger charge is -2.14. The molecule has 0 unspecified atom stereocenters. The van der Waals surface area contributed by atoms with Gasteiger partial charge < -0.3 is 10.5 Å². The van der Waals surface area contributed by atoms with Crippen LogP contribution in [-0.2, 0) is 4.79 Å². The van der Waals surface area contributed by atoms with E-state index in [4.69, 9.17) is 10.5 Å². The van der Waals surface area contributed by atoms with Gasteiger partial charge in [0.15, 0.2) is 6.61 Å². The lowest BCUT2D eigenvalue weighted by Crippen LogP contribution is -2.24. The Morgan fingerprint density at radius 3 is 2.70 bits per heavy atom. The van der Waals surface area contributed by atoms with E-state index >= 15 is 0 Å². The average molecular weight is 581 g/mol. The van der Waals surface area contributed by atoms with Gasteiger partial charge >= 0.3 is 5.69 Å². The van der Waals surface area contributed by atoms with E-state index in [2.05, 4.69) is 41.9 Å². The van der Waals surface area contributed by atoms with Gasteiger partial charge in [0.25, 0.3) is 11.5 Å². The van der Waals surface area contributed by atoms with Crippen LogP contribution in [0.3, 0.4) is 0 Å². The number of nitro groups is 1. The molecular weight excluding hydrogens is 562 g/mol. The molecule has 1 aromatic heterocycles. The van der Waals surface area contributed by atoms with Crippen molar-refractivity contribution < 1.29 is 14.5 Å². The number of rotatable bonds is 8. The molecule has 0 radical (unpaired) electrons. The Morgan fingerprint density at radius 1 is 1.33 bits per heavy atom. The van der Waals surface area contributed by atoms with Gasteiger partial charge in [-0.05, 0) is 30.7 Å². The lowest BCUT2D eigenvalue weighted by atomic mass is 10.1. The van der Waals surface area contributed by atoms with E-state index in [0.29, 0.717) is 32.1 Å². The van der Waals surface area contributed by atoms with Crippen LogP contribution >= 0.6 is 31.9 Å². The first-order valence-corrected chi connectivity index (χ1v) is 11.4. The minimum absolute atomic E-state index is 0.0923. The topological polar surface area (TPSA) is 143 Å². The van der Waals surface area contributed by atoms with Crippen LogP contribution in [0.25, 0.3) is 10.9 Å². The van der Waals surface area contributed by atoms with Crippen molar-refractivity contribution in [3.05, 3.63) is 71.1 Å². The van der Waals surface area contributed by atoms with Crippen LogP contribution in [0.2, 0.25) is 0 Å². The molecule has 0 bridgehead atoms. The monoisotopic (exact) mass is 579 g/mol. The van der Waals surface area contributed by atoms with Crippen molar-refractivity contribution in [2.75, 3.05) is 6.61 Å². The Bertz CT molecular complexity index is 1340. The second-order valence-electron chi connectivity index (χ2n) is 7.16. The molecule has 2 aromatic carbocycles. The van der Waals surface area contributed by atoms with Crippen LogP contribution in [-0.4, -0.2) is 33.3 Å². The molecular formula is C21H19Br2N5O5. The first kappa shape index (κ1) is 24.5. The third-order valence-corrected chi connectivity index (χ3v) is 5.77. The van der Waals surface area contributed by atoms with Crippen molar-refractivity contribution >= 4 is 60.6 Å². The van der Waals surface area contributed by atoms with Gasteiger partial charge in [0.2, 0.25) is 5.75 Å². The largest absolute Gasteiger partial charge is 0.476 e. The lowest BCUT2D eigenvalue weighted by molar-refractivity contribution is -0.385. The molecule has 1 atom stereocenters. The number of hydrogen-bond donors (Lipinski definition) is 1. The fourth-order valence-corrected chi connectivity index (χ4v) is 3.86. The number of amides is 1. The van der Waals surface area contributed by atoms with Gasteiger partial charge in [-0.1, -0.05) is 45.7 Å². The molecule has 0 aliphatic heterocycles. The van der Waals surface area contributed by atoms with Crippen LogP contribution < -0.4 is 16.0 Å². The molecule has 3 aromatic rings. The zero-order valence-electron chi connectivity index (χ0n) is 17.6. The van der Waals surface area contributed by atoms with Crippen LogP contribution in [0.5, 0.6) is 5.75 Å². The van der Waals surface area contributed by atoms with Crippen molar-refractivity contribution in [3.8, 4) is 5.75 Å². The number of hydrogen-bond acceptors (Lipinski definition) is 7. The summed E-state index contributed by atoms with van der Waals surface area (Å²) >= 11 is 6.58. The molecule has 1 heterocycles. The summed E-state index contributed by atoms with van der Waals surface area (Å²) in [7, 11) is 0. The van der Waals surface area contributed by atoms with Crippen LogP contribution in [0.1, 0.15) is 37.6 Å². The van der Waals surface area contributed by atoms with Crippen LogP contribution in [0.4, 0.5) is 5.69 Å². The second-order valence-corrected chi connectivity index (χ2v) is 8.99. The van der Waals surface area contributed by atoms with Crippen molar-refractivity contribution in [3.63, 3.8) is 0 Å². The van der Waals surface area contributed by atoms with E-state index in [1.807, 2.05) is 13.8 Å². The maximum atomic E-state index is 13.3. The highest BCUT2D eigenvalue weighted by Crippen LogP contribution is 2.34. The average Bonchev–Trinajstić information content (AvgIpc) is 2.76. The van der Waals surface area contributed by atoms with Crippen molar-refractivity contribution in [1.29, 1.82) is 0 Å². The molecule has 0 spiro atoms. The van der Waals surface area contributed by atoms with Crippen LogP contribution in [0, 0.1) is 10.1 Å². The van der Waals surface area contributed by atoms with E-state index in [0.717, 1.165) is 0 Å². The van der Waals surface area contributed by atoms with Gasteiger partial charge in [-0.25, -0.2) is 4.98 Å². The van der Waals surface area contributed by atoms with Crippen molar-refractivity contribution in [2.45, 2.75) is 26.2 Å². The van der Waals surface area contributed by atoms with Gasteiger partial charge in [-0.3, -0.25) is 19.7 Å². The first-order valence-electron chi connectivity index (χ1n) is 9.78. The zero-order valence-corrected chi connectivity index (χ0v) is 20.8. The predicted molar refractivity (Wildman–Crippen MR) is 131 cm³/mol. The minimum atomic E-state index is -0.797. The highest BCUT2D eigenvalue weighted by molar-refractivity contribution is 9.10. The summed E-state index contributed by atoms with van der Waals surface area (Å²) in [5.41, 5.74) is 5.06. The number of carbonyl (C=O) groups excluding carboxylic acids is 1. The molecule has 0 aliphatic rings. The number of carbonyl (C=O) groups is 1. The quantitative estimate of drug-likeness (QED) is 0.241. The molecule has 10 nitrogen and oxygen atoms in total. The molecule has 0 saturated heterocycles. The third-order valence-electron chi connectivity index (χ3n) is 4.82. The third kappa shape index (κ3) is 5.45. The number of halogens is 2. The Labute approximate surface area is 204 Å². The summed E-state index contributed by atoms with van der Waals surface area (Å²) < 4.78 is 7.59. The van der Waals surface area contributed by atoms with E-state index < -0.39 is 23.0 Å². The number of benzene rings is 2. The first-order chi connectivity index (χ1) is 15.6. The van der Waals surface area contributed by atoms with Gasteiger partial charge in [0, 0.05) is 26.5 Å². The summed E-state index contributed by atoms with van der Waals surface area (Å²) in [5.74, 6) is -0.641.